The van der Waals surface area contributed by atoms with E-state index in [0.29, 0.717) is 0 Å². The number of piperidine rings is 1. The maximum Gasteiger partial charge on any atom is 0.317 e. The Morgan fingerprint density at radius 2 is 1.84 bits per heavy atom. The smallest absolute Gasteiger partial charge is 0.317 e. The summed E-state index contributed by atoms with van der Waals surface area (Å²) < 4.78 is 0. The van der Waals surface area contributed by atoms with Crippen molar-refractivity contribution in [3.05, 3.63) is 29.3 Å². The minimum atomic E-state index is -0.996. The summed E-state index contributed by atoms with van der Waals surface area (Å²) in [7, 11) is 1.90. The Morgan fingerprint density at radius 3 is 2.56 bits per heavy atom. The minimum absolute atomic E-state index is 0.00425. The van der Waals surface area contributed by atoms with Crippen LogP contribution in [-0.2, 0) is 14.4 Å². The molecule has 2 heterocycles. The van der Waals surface area contributed by atoms with Crippen molar-refractivity contribution in [1.82, 2.24) is 15.5 Å². The maximum absolute atomic E-state index is 13.1. The van der Waals surface area contributed by atoms with Gasteiger partial charge in [-0.15, -0.1) is 0 Å². The zero-order valence-corrected chi connectivity index (χ0v) is 17.8. The summed E-state index contributed by atoms with van der Waals surface area (Å²) in [4.78, 5) is 63.6. The molecule has 10 heteroatoms. The summed E-state index contributed by atoms with van der Waals surface area (Å²) in [6.07, 6.45) is 3.95. The number of imide groups is 2. The van der Waals surface area contributed by atoms with Crippen LogP contribution in [0.1, 0.15) is 59.2 Å². The molecule has 2 aliphatic heterocycles. The van der Waals surface area contributed by atoms with Crippen LogP contribution in [0.15, 0.2) is 18.2 Å². The third-order valence-electron chi connectivity index (χ3n) is 6.57. The Bertz CT molecular complexity index is 993. The summed E-state index contributed by atoms with van der Waals surface area (Å²) in [5, 5.41) is 14.3. The van der Waals surface area contributed by atoms with Crippen molar-refractivity contribution in [3.8, 4) is 0 Å². The summed E-state index contributed by atoms with van der Waals surface area (Å²) in [5.74, 6) is -3.04. The van der Waals surface area contributed by atoms with E-state index in [1.54, 1.807) is 18.2 Å². The van der Waals surface area contributed by atoms with Crippen molar-refractivity contribution in [3.63, 3.8) is 0 Å². The molecule has 1 aromatic rings. The monoisotopic (exact) mass is 442 g/mol. The molecule has 4 rings (SSSR count). The van der Waals surface area contributed by atoms with Crippen molar-refractivity contribution in [1.29, 1.82) is 0 Å². The first-order valence-electron chi connectivity index (χ1n) is 10.8. The van der Waals surface area contributed by atoms with E-state index < -0.39 is 35.6 Å². The molecular weight excluding hydrogens is 416 g/mol. The number of nitrogens with zero attached hydrogens (tertiary/aromatic N) is 2. The molecule has 170 valence electrons. The molecular formula is C22H26N4O6. The molecule has 3 aliphatic rings. The van der Waals surface area contributed by atoms with E-state index in [9.17, 15) is 24.0 Å². The number of carboxylic acid groups (broad SMARTS) is 1. The predicted molar refractivity (Wildman–Crippen MR) is 113 cm³/mol. The number of aliphatic carboxylic acids is 1. The number of carbonyl (C=O) groups is 5. The molecule has 32 heavy (non-hydrogen) atoms. The number of fused-ring (bicyclic) bond motifs is 1. The number of amides is 4. The number of hydrogen-bond donors (Lipinski definition) is 3. The van der Waals surface area contributed by atoms with Crippen LogP contribution in [0, 0.1) is 0 Å². The molecule has 2 fully saturated rings. The first kappa shape index (κ1) is 21.9. The Hall–Kier alpha value is -3.27. The Labute approximate surface area is 184 Å². The van der Waals surface area contributed by atoms with Gasteiger partial charge < -0.3 is 15.3 Å². The number of anilines is 1. The number of rotatable bonds is 6. The van der Waals surface area contributed by atoms with E-state index in [2.05, 4.69) is 10.6 Å². The lowest BCUT2D eigenvalue weighted by Gasteiger charge is -2.39. The predicted octanol–water partition coefficient (Wildman–Crippen LogP) is 0.509. The first-order valence-corrected chi connectivity index (χ1v) is 10.8. The second-order valence-electron chi connectivity index (χ2n) is 8.52. The van der Waals surface area contributed by atoms with Gasteiger partial charge in [-0.25, -0.2) is 0 Å². The molecule has 0 aromatic heterocycles. The number of hydrogen-bond acceptors (Lipinski definition) is 7. The van der Waals surface area contributed by atoms with Crippen LogP contribution in [0.25, 0.3) is 0 Å². The minimum Gasteiger partial charge on any atom is -0.480 e. The van der Waals surface area contributed by atoms with E-state index in [1.807, 2.05) is 11.9 Å². The maximum atomic E-state index is 13.1. The van der Waals surface area contributed by atoms with Gasteiger partial charge in [-0.1, -0.05) is 12.8 Å². The highest BCUT2D eigenvalue weighted by Crippen LogP contribution is 2.32. The molecule has 10 nitrogen and oxygen atoms in total. The quantitative estimate of drug-likeness (QED) is 0.542. The molecule has 4 amide bonds. The van der Waals surface area contributed by atoms with E-state index in [-0.39, 0.29) is 42.6 Å². The van der Waals surface area contributed by atoms with Crippen LogP contribution >= 0.6 is 0 Å². The molecule has 3 atom stereocenters. The summed E-state index contributed by atoms with van der Waals surface area (Å²) in [6.45, 7) is -0.118. The van der Waals surface area contributed by atoms with Crippen LogP contribution < -0.4 is 15.5 Å². The van der Waals surface area contributed by atoms with E-state index in [0.717, 1.165) is 36.3 Å². The van der Waals surface area contributed by atoms with Gasteiger partial charge in [0.2, 0.25) is 11.8 Å². The van der Waals surface area contributed by atoms with Crippen molar-refractivity contribution in [2.45, 2.75) is 56.7 Å². The molecule has 3 N–H and O–H groups in total. The fourth-order valence-electron chi connectivity index (χ4n) is 4.90. The molecule has 1 saturated carbocycles. The molecule has 1 saturated heterocycles. The lowest BCUT2D eigenvalue weighted by atomic mass is 9.89. The lowest BCUT2D eigenvalue weighted by Crippen LogP contribution is -2.54. The van der Waals surface area contributed by atoms with Gasteiger partial charge in [-0.3, -0.25) is 34.2 Å². The Morgan fingerprint density at radius 1 is 1.12 bits per heavy atom. The van der Waals surface area contributed by atoms with Crippen LogP contribution in [0.3, 0.4) is 0 Å². The SMILES string of the molecule is CN(c1ccc2c(c1)C(=O)N(C1CCC(=O)NC1=O)C2=O)C1CCCCC1NCC(=O)O. The highest BCUT2D eigenvalue weighted by atomic mass is 16.4. The Kier molecular flexibility index (Phi) is 5.96. The first-order chi connectivity index (χ1) is 15.3. The van der Waals surface area contributed by atoms with Gasteiger partial charge in [0, 0.05) is 31.2 Å². The van der Waals surface area contributed by atoms with Crippen LogP contribution in [0.4, 0.5) is 5.69 Å². The fraction of sp³-hybridized carbons (Fsp3) is 0.500. The second kappa shape index (κ2) is 8.70. The third kappa shape index (κ3) is 3.97. The van der Waals surface area contributed by atoms with Crippen molar-refractivity contribution in [2.75, 3.05) is 18.5 Å². The second-order valence-corrected chi connectivity index (χ2v) is 8.52. The number of carboxylic acids is 1. The molecule has 1 aromatic carbocycles. The number of likely N-dealkylation sites (N-methyl/N-ethyl adjacent to an activating group) is 1. The average molecular weight is 442 g/mol. The van der Waals surface area contributed by atoms with Gasteiger partial charge >= 0.3 is 5.97 Å². The summed E-state index contributed by atoms with van der Waals surface area (Å²) in [6, 6.07) is 4.06. The normalized spacial score (nSPS) is 25.5. The molecule has 0 bridgehead atoms. The molecule has 3 unspecified atom stereocenters. The molecule has 0 radical (unpaired) electrons. The number of benzene rings is 1. The zero-order valence-electron chi connectivity index (χ0n) is 17.8. The van der Waals surface area contributed by atoms with Gasteiger partial charge in [0.1, 0.15) is 6.04 Å². The van der Waals surface area contributed by atoms with Gasteiger partial charge in [-0.2, -0.15) is 0 Å². The van der Waals surface area contributed by atoms with Crippen LogP contribution in [-0.4, -0.2) is 71.3 Å². The summed E-state index contributed by atoms with van der Waals surface area (Å²) >= 11 is 0. The Balaban J connectivity index is 1.56. The lowest BCUT2D eigenvalue weighted by molar-refractivity contribution is -0.137. The van der Waals surface area contributed by atoms with Crippen molar-refractivity contribution in [2.24, 2.45) is 0 Å². The highest BCUT2D eigenvalue weighted by molar-refractivity contribution is 6.23. The summed E-state index contributed by atoms with van der Waals surface area (Å²) in [5.41, 5.74) is 1.21. The van der Waals surface area contributed by atoms with Crippen molar-refractivity contribution >= 4 is 35.3 Å². The topological polar surface area (TPSA) is 136 Å². The zero-order chi connectivity index (χ0) is 23.0. The molecule has 0 spiro atoms. The highest BCUT2D eigenvalue weighted by Gasteiger charge is 2.45. The van der Waals surface area contributed by atoms with Crippen molar-refractivity contribution < 1.29 is 29.1 Å². The number of nitrogens with one attached hydrogen (secondary N) is 2. The van der Waals surface area contributed by atoms with E-state index in [1.165, 1.54) is 0 Å². The van der Waals surface area contributed by atoms with Gasteiger partial charge in [-0.05, 0) is 37.5 Å². The third-order valence-corrected chi connectivity index (χ3v) is 6.57. The number of carbonyl (C=O) groups excluding carboxylic acids is 4. The van der Waals surface area contributed by atoms with E-state index >= 15 is 0 Å². The van der Waals surface area contributed by atoms with Crippen LogP contribution in [0.2, 0.25) is 0 Å². The van der Waals surface area contributed by atoms with E-state index in [4.69, 9.17) is 5.11 Å². The standard InChI is InChI=1S/C22H26N4O6/c1-25(16-5-3-2-4-15(16)23-11-19(28)29)12-6-7-13-14(10-12)22(32)26(21(13)31)17-8-9-18(27)24-20(17)30/h6-7,10,15-17,23H,2-5,8-9,11H2,1H3,(H,28,29)(H,24,27,30). The van der Waals surface area contributed by atoms with Crippen LogP contribution in [0.5, 0.6) is 0 Å². The van der Waals surface area contributed by atoms with Gasteiger partial charge in [0.05, 0.1) is 17.7 Å². The molecule has 1 aliphatic carbocycles. The fourth-order valence-corrected chi connectivity index (χ4v) is 4.90. The van der Waals surface area contributed by atoms with Gasteiger partial charge in [0.15, 0.2) is 0 Å². The largest absolute Gasteiger partial charge is 0.480 e. The van der Waals surface area contributed by atoms with Gasteiger partial charge in [0.25, 0.3) is 11.8 Å². The average Bonchev–Trinajstić information content (AvgIpc) is 3.02.